The number of carboxylic acids is 1. The van der Waals surface area contributed by atoms with Crippen LogP contribution in [0.2, 0.25) is 0 Å². The Labute approximate surface area is 200 Å². The molecule has 0 saturated carbocycles. The number of non-ortho nitro benzene ring substituents is 2. The lowest BCUT2D eigenvalue weighted by molar-refractivity contribution is -0.385. The molecule has 0 radical (unpaired) electrons. The Kier molecular flexibility index (Phi) is 17.0. The van der Waals surface area contributed by atoms with Gasteiger partial charge in [0.15, 0.2) is 11.6 Å². The molecule has 0 aromatic heterocycles. The van der Waals surface area contributed by atoms with Crippen molar-refractivity contribution in [2.24, 2.45) is 0 Å². The molecule has 2 rings (SSSR count). The van der Waals surface area contributed by atoms with Crippen LogP contribution in [0.4, 0.5) is 11.4 Å². The molecule has 2 aromatic carbocycles. The first kappa shape index (κ1) is 30.7. The van der Waals surface area contributed by atoms with E-state index in [1.54, 1.807) is 12.1 Å². The lowest BCUT2D eigenvalue weighted by Gasteiger charge is -1.95. The largest absolute Gasteiger partial charge is 0.481 e. The molecular weight excluding hydrogens is 612 g/mol. The van der Waals surface area contributed by atoms with Crippen molar-refractivity contribution >= 4 is 73.1 Å². The third-order valence-electron chi connectivity index (χ3n) is 2.96. The Morgan fingerprint density at radius 1 is 0.871 bits per heavy atom. The number of halogens is 3. The van der Waals surface area contributed by atoms with Crippen LogP contribution in [0.15, 0.2) is 48.5 Å². The Balaban J connectivity index is 0. The van der Waals surface area contributed by atoms with Gasteiger partial charge in [-0.15, -0.1) is 0 Å². The van der Waals surface area contributed by atoms with Gasteiger partial charge in [-0.25, -0.2) is 0 Å². The van der Waals surface area contributed by atoms with Crippen molar-refractivity contribution in [3.8, 4) is 0 Å². The minimum absolute atomic E-state index is 0.0531. The smallest absolute Gasteiger partial charge is 0.300 e. The average molecular weight is 629 g/mol. The zero-order chi connectivity index (χ0) is 24.6. The van der Waals surface area contributed by atoms with Crippen LogP contribution in [-0.2, 0) is 4.79 Å². The number of nitro groups is 2. The third-order valence-corrected chi connectivity index (χ3v) is 3.47. The highest BCUT2D eigenvalue weighted by Gasteiger charge is 2.09. The van der Waals surface area contributed by atoms with Gasteiger partial charge < -0.3 is 5.11 Å². The number of nitro benzene ring substituents is 2. The number of ketones is 2. The summed E-state index contributed by atoms with van der Waals surface area (Å²) in [5.41, 5.74) is 0.602. The summed E-state index contributed by atoms with van der Waals surface area (Å²) in [5, 5.41) is 28.2. The Hall–Kier alpha value is -2.51. The average Bonchev–Trinajstić information content (AvgIpc) is 2.74. The molecule has 0 aliphatic rings. The van der Waals surface area contributed by atoms with E-state index in [0.29, 0.717) is 11.1 Å². The lowest BCUT2D eigenvalue weighted by atomic mass is 10.1. The fourth-order valence-electron chi connectivity index (χ4n) is 1.71. The zero-order valence-electron chi connectivity index (χ0n) is 16.2. The molecule has 0 heterocycles. The van der Waals surface area contributed by atoms with E-state index in [0.717, 1.165) is 6.92 Å². The molecule has 0 bridgehead atoms. The van der Waals surface area contributed by atoms with Crippen LogP contribution in [0.5, 0.6) is 0 Å². The highest BCUT2D eigenvalue weighted by molar-refractivity contribution is 9.93. The molecule has 10 nitrogen and oxygen atoms in total. The van der Waals surface area contributed by atoms with E-state index in [-0.39, 0.29) is 28.3 Å². The fraction of sp³-hybridized carbons (Fsp3) is 0.167. The molecule has 0 unspecified atom stereocenters. The van der Waals surface area contributed by atoms with Gasteiger partial charge in [-0.2, -0.15) is 0 Å². The number of hydrogen-bond acceptors (Lipinski definition) is 7. The topological polar surface area (TPSA) is 158 Å². The number of carboxylic acid groups (broad SMARTS) is 1. The summed E-state index contributed by atoms with van der Waals surface area (Å²) in [6.07, 6.45) is 0. The van der Waals surface area contributed by atoms with E-state index in [1.165, 1.54) is 43.3 Å². The number of benzene rings is 2. The molecule has 2 aromatic rings. The minimum Gasteiger partial charge on any atom is -0.481 e. The van der Waals surface area contributed by atoms with Gasteiger partial charge in [-0.3, -0.25) is 34.6 Å². The SMILES string of the molecule is BrBr.CC(=O)O.CC(=O)c1cccc([N+](=O)[O-])c1.O=C(CBr)c1cccc([N+](=O)[O-])c1. The predicted molar refractivity (Wildman–Crippen MR) is 125 cm³/mol. The monoisotopic (exact) mass is 626 g/mol. The van der Waals surface area contributed by atoms with Gasteiger partial charge in [0.25, 0.3) is 17.3 Å². The number of rotatable bonds is 5. The highest BCUT2D eigenvalue weighted by Crippen LogP contribution is 2.14. The van der Waals surface area contributed by atoms with Crippen LogP contribution >= 0.6 is 44.2 Å². The Morgan fingerprint density at radius 3 is 1.55 bits per heavy atom. The van der Waals surface area contributed by atoms with Crippen molar-refractivity contribution in [3.05, 3.63) is 79.9 Å². The summed E-state index contributed by atoms with van der Waals surface area (Å²) in [5.74, 6) is -1.16. The predicted octanol–water partition coefficient (Wildman–Crippen LogP) is 5.75. The summed E-state index contributed by atoms with van der Waals surface area (Å²) in [4.78, 5) is 50.5. The molecule has 168 valence electrons. The number of carbonyl (C=O) groups excluding carboxylic acids is 2. The molecule has 0 fully saturated rings. The lowest BCUT2D eigenvalue weighted by Crippen LogP contribution is -2.00. The zero-order valence-corrected chi connectivity index (χ0v) is 20.9. The van der Waals surface area contributed by atoms with Gasteiger partial charge in [0, 0.05) is 70.6 Å². The van der Waals surface area contributed by atoms with Crippen LogP contribution < -0.4 is 0 Å². The van der Waals surface area contributed by atoms with E-state index >= 15 is 0 Å². The first-order valence-electron chi connectivity index (χ1n) is 7.92. The summed E-state index contributed by atoms with van der Waals surface area (Å²) in [7, 11) is 0. The third kappa shape index (κ3) is 14.2. The maximum absolute atomic E-state index is 11.1. The number of carbonyl (C=O) groups is 3. The number of nitrogens with zero attached hydrogens (tertiary/aromatic N) is 2. The fourth-order valence-corrected chi connectivity index (χ4v) is 2.03. The molecule has 0 saturated heterocycles. The normalized spacial score (nSPS) is 8.68. The van der Waals surface area contributed by atoms with Crippen molar-refractivity contribution < 1.29 is 29.3 Å². The van der Waals surface area contributed by atoms with Crippen LogP contribution in [0.25, 0.3) is 0 Å². The molecule has 31 heavy (non-hydrogen) atoms. The standard InChI is InChI=1S/C8H6BrNO3.C8H7NO3.C2H4O2.Br2/c9-5-8(11)6-2-1-3-7(4-6)10(12)13;1-6(10)7-3-2-4-8(5-7)9(11)12;1-2(3)4;1-2/h1-4H,5H2;2-5H,1H3;1H3,(H,3,4);. The second-order valence-corrected chi connectivity index (χ2v) is 5.81. The molecule has 13 heteroatoms. The minimum atomic E-state index is -0.833. The van der Waals surface area contributed by atoms with Crippen molar-refractivity contribution in [2.45, 2.75) is 13.8 Å². The van der Waals surface area contributed by atoms with Gasteiger partial charge in [-0.05, 0) is 6.92 Å². The number of aliphatic carboxylic acids is 1. The highest BCUT2D eigenvalue weighted by atomic mass is 80.9. The summed E-state index contributed by atoms with van der Waals surface area (Å²) >= 11 is 8.49. The van der Waals surface area contributed by atoms with Gasteiger partial charge in [0.05, 0.1) is 15.2 Å². The van der Waals surface area contributed by atoms with Crippen LogP contribution in [-0.4, -0.2) is 37.8 Å². The van der Waals surface area contributed by atoms with Crippen molar-refractivity contribution in [3.63, 3.8) is 0 Å². The molecule has 0 amide bonds. The Bertz CT molecular complexity index is 889. The summed E-state index contributed by atoms with van der Waals surface area (Å²) in [6.45, 7) is 2.46. The van der Waals surface area contributed by atoms with Crippen molar-refractivity contribution in [1.82, 2.24) is 0 Å². The second-order valence-electron chi connectivity index (χ2n) is 5.25. The van der Waals surface area contributed by atoms with E-state index in [1.807, 2.05) is 0 Å². The number of alkyl halides is 1. The summed E-state index contributed by atoms with van der Waals surface area (Å²) < 4.78 is 0. The Morgan fingerprint density at radius 2 is 1.23 bits per heavy atom. The first-order valence-corrected chi connectivity index (χ1v) is 12.8. The quantitative estimate of drug-likeness (QED) is 0.190. The molecule has 0 aliphatic carbocycles. The van der Waals surface area contributed by atoms with Gasteiger partial charge >= 0.3 is 0 Å². The molecule has 0 spiro atoms. The van der Waals surface area contributed by atoms with E-state index in [2.05, 4.69) is 44.2 Å². The second kappa shape index (κ2) is 17.2. The van der Waals surface area contributed by atoms with Crippen LogP contribution in [0.1, 0.15) is 34.6 Å². The molecule has 1 N–H and O–H groups in total. The number of Topliss-reactive ketones (excluding diaryl/α,β-unsaturated/α-hetero) is 2. The number of hydrogen-bond donors (Lipinski definition) is 1. The van der Waals surface area contributed by atoms with Gasteiger partial charge in [-0.1, -0.05) is 40.2 Å². The molecule has 0 atom stereocenters. The van der Waals surface area contributed by atoms with Crippen molar-refractivity contribution in [1.29, 1.82) is 0 Å². The molecular formula is C18H17Br3N2O8. The maximum Gasteiger partial charge on any atom is 0.300 e. The van der Waals surface area contributed by atoms with Gasteiger partial charge in [0.1, 0.15) is 0 Å². The van der Waals surface area contributed by atoms with E-state index in [9.17, 15) is 29.8 Å². The van der Waals surface area contributed by atoms with Gasteiger partial charge in [0.2, 0.25) is 0 Å². The maximum atomic E-state index is 11.1. The van der Waals surface area contributed by atoms with E-state index < -0.39 is 15.8 Å². The van der Waals surface area contributed by atoms with Crippen LogP contribution in [0, 0.1) is 20.2 Å². The van der Waals surface area contributed by atoms with Crippen LogP contribution in [0.3, 0.4) is 0 Å². The molecule has 0 aliphatic heterocycles. The van der Waals surface area contributed by atoms with Crippen molar-refractivity contribution in [2.75, 3.05) is 5.33 Å². The summed E-state index contributed by atoms with van der Waals surface area (Å²) in [6, 6.07) is 11.3. The van der Waals surface area contributed by atoms with E-state index in [4.69, 9.17) is 9.90 Å². The first-order chi connectivity index (χ1) is 14.5.